The van der Waals surface area contributed by atoms with Crippen molar-refractivity contribution in [1.29, 1.82) is 0 Å². The van der Waals surface area contributed by atoms with Crippen LogP contribution in [0.25, 0.3) is 0 Å². The van der Waals surface area contributed by atoms with E-state index >= 15 is 0 Å². The molecule has 1 heterocycles. The number of carboxylic acid groups (broad SMARTS) is 1. The Balaban J connectivity index is 1.76. The molecule has 0 radical (unpaired) electrons. The van der Waals surface area contributed by atoms with E-state index in [1.165, 1.54) is 6.33 Å². The first-order valence-corrected chi connectivity index (χ1v) is 6.70. The second kappa shape index (κ2) is 6.36. The molecule has 0 spiro atoms. The fraction of sp³-hybridized carbons (Fsp3) is 0.667. The third-order valence-corrected chi connectivity index (χ3v) is 3.69. The summed E-state index contributed by atoms with van der Waals surface area (Å²) in [5.74, 6) is -0.532. The summed E-state index contributed by atoms with van der Waals surface area (Å²) in [7, 11) is 0. The number of nitrogens with zero attached hydrogens (tertiary/aromatic N) is 2. The third-order valence-electron chi connectivity index (χ3n) is 3.69. The van der Waals surface area contributed by atoms with Crippen LogP contribution in [-0.4, -0.2) is 38.8 Å². The number of nitrogens with one attached hydrogen (secondary N) is 3. The van der Waals surface area contributed by atoms with Crippen molar-refractivity contribution in [2.24, 2.45) is 11.8 Å². The van der Waals surface area contributed by atoms with Gasteiger partial charge >= 0.3 is 12.0 Å². The SMILES string of the molecule is CC(NC(=O)NCC1CCCC1C(=O)O)c1ncn[nH]1. The predicted molar refractivity (Wildman–Crippen MR) is 69.8 cm³/mol. The normalized spacial score (nSPS) is 23.2. The van der Waals surface area contributed by atoms with Crippen LogP contribution in [0.3, 0.4) is 0 Å². The molecule has 1 saturated carbocycles. The number of hydrogen-bond acceptors (Lipinski definition) is 4. The highest BCUT2D eigenvalue weighted by Crippen LogP contribution is 2.31. The first kappa shape index (κ1) is 14.3. The molecular formula is C12H19N5O3. The minimum atomic E-state index is -0.773. The fourth-order valence-corrected chi connectivity index (χ4v) is 2.57. The number of amides is 2. The summed E-state index contributed by atoms with van der Waals surface area (Å²) in [6.07, 6.45) is 3.81. The van der Waals surface area contributed by atoms with Gasteiger partial charge in [0, 0.05) is 6.54 Å². The number of aliphatic carboxylic acids is 1. The Bertz CT molecular complexity index is 462. The molecule has 0 bridgehead atoms. The van der Waals surface area contributed by atoms with E-state index < -0.39 is 5.97 Å². The molecule has 1 aliphatic carbocycles. The number of carbonyl (C=O) groups is 2. The summed E-state index contributed by atoms with van der Waals surface area (Å²) in [6, 6.07) is -0.610. The van der Waals surface area contributed by atoms with Crippen molar-refractivity contribution in [3.8, 4) is 0 Å². The van der Waals surface area contributed by atoms with Gasteiger partial charge in [-0.05, 0) is 25.7 Å². The van der Waals surface area contributed by atoms with Gasteiger partial charge in [-0.25, -0.2) is 9.78 Å². The molecule has 0 aromatic carbocycles. The topological polar surface area (TPSA) is 120 Å². The number of urea groups is 1. The molecule has 1 aromatic rings. The van der Waals surface area contributed by atoms with E-state index in [0.29, 0.717) is 18.8 Å². The van der Waals surface area contributed by atoms with E-state index in [9.17, 15) is 9.59 Å². The molecule has 3 unspecified atom stereocenters. The molecule has 1 aromatic heterocycles. The Morgan fingerprint density at radius 2 is 2.35 bits per heavy atom. The minimum absolute atomic E-state index is 0.0128. The molecule has 110 valence electrons. The molecule has 4 N–H and O–H groups in total. The highest BCUT2D eigenvalue weighted by Gasteiger charge is 2.32. The van der Waals surface area contributed by atoms with Gasteiger partial charge in [0.1, 0.15) is 12.2 Å². The summed E-state index contributed by atoms with van der Waals surface area (Å²) >= 11 is 0. The van der Waals surface area contributed by atoms with Crippen LogP contribution in [0, 0.1) is 11.8 Å². The van der Waals surface area contributed by atoms with E-state index in [-0.39, 0.29) is 23.9 Å². The Hall–Kier alpha value is -2.12. The maximum atomic E-state index is 11.8. The summed E-state index contributed by atoms with van der Waals surface area (Å²) < 4.78 is 0. The second-order valence-corrected chi connectivity index (χ2v) is 5.08. The summed E-state index contributed by atoms with van der Waals surface area (Å²) in [5, 5.41) is 20.9. The van der Waals surface area contributed by atoms with Crippen LogP contribution in [0.2, 0.25) is 0 Å². The van der Waals surface area contributed by atoms with Gasteiger partial charge in [-0.2, -0.15) is 5.10 Å². The Labute approximate surface area is 116 Å². The van der Waals surface area contributed by atoms with Gasteiger partial charge in [0.25, 0.3) is 0 Å². The maximum absolute atomic E-state index is 11.8. The monoisotopic (exact) mass is 281 g/mol. The summed E-state index contributed by atoms with van der Waals surface area (Å²) in [5.41, 5.74) is 0. The van der Waals surface area contributed by atoms with Gasteiger partial charge in [0.05, 0.1) is 12.0 Å². The first-order chi connectivity index (χ1) is 9.58. The number of rotatable bonds is 5. The molecule has 1 fully saturated rings. The van der Waals surface area contributed by atoms with Crippen molar-refractivity contribution >= 4 is 12.0 Å². The van der Waals surface area contributed by atoms with Crippen LogP contribution in [0.15, 0.2) is 6.33 Å². The predicted octanol–water partition coefficient (Wildman–Crippen LogP) is 0.666. The zero-order chi connectivity index (χ0) is 14.5. The second-order valence-electron chi connectivity index (χ2n) is 5.08. The quantitative estimate of drug-likeness (QED) is 0.632. The van der Waals surface area contributed by atoms with Crippen molar-refractivity contribution in [3.63, 3.8) is 0 Å². The van der Waals surface area contributed by atoms with Crippen LogP contribution in [-0.2, 0) is 4.79 Å². The van der Waals surface area contributed by atoms with Crippen molar-refractivity contribution in [2.45, 2.75) is 32.2 Å². The average molecular weight is 281 g/mol. The molecule has 2 amide bonds. The molecule has 20 heavy (non-hydrogen) atoms. The van der Waals surface area contributed by atoms with Crippen LogP contribution in [0.1, 0.15) is 38.1 Å². The van der Waals surface area contributed by atoms with Crippen molar-refractivity contribution in [2.75, 3.05) is 6.54 Å². The van der Waals surface area contributed by atoms with Crippen LogP contribution in [0.4, 0.5) is 4.79 Å². The molecule has 8 heteroatoms. The fourth-order valence-electron chi connectivity index (χ4n) is 2.57. The molecular weight excluding hydrogens is 262 g/mol. The van der Waals surface area contributed by atoms with Gasteiger partial charge in [-0.1, -0.05) is 6.42 Å². The van der Waals surface area contributed by atoms with E-state index in [4.69, 9.17) is 5.11 Å². The average Bonchev–Trinajstić information content (AvgIpc) is 3.07. The Morgan fingerprint density at radius 3 is 3.00 bits per heavy atom. The molecule has 0 aliphatic heterocycles. The lowest BCUT2D eigenvalue weighted by atomic mass is 9.96. The third kappa shape index (κ3) is 3.46. The highest BCUT2D eigenvalue weighted by atomic mass is 16.4. The van der Waals surface area contributed by atoms with Gasteiger partial charge in [-0.3, -0.25) is 9.89 Å². The molecule has 0 saturated heterocycles. The van der Waals surface area contributed by atoms with Gasteiger partial charge in [0.15, 0.2) is 0 Å². The highest BCUT2D eigenvalue weighted by molar-refractivity contribution is 5.74. The Kier molecular flexibility index (Phi) is 4.54. The van der Waals surface area contributed by atoms with Gasteiger partial charge in [0.2, 0.25) is 0 Å². The standard InChI is InChI=1S/C12H19N5O3/c1-7(10-14-6-15-17-10)16-12(20)13-5-8-3-2-4-9(8)11(18)19/h6-9H,2-5H2,1H3,(H,18,19)(H2,13,16,20)(H,14,15,17). The summed E-state index contributed by atoms with van der Waals surface area (Å²) in [4.78, 5) is 26.7. The maximum Gasteiger partial charge on any atom is 0.315 e. The van der Waals surface area contributed by atoms with Gasteiger partial charge < -0.3 is 15.7 Å². The van der Waals surface area contributed by atoms with Crippen molar-refractivity contribution in [3.05, 3.63) is 12.2 Å². The number of hydrogen-bond donors (Lipinski definition) is 4. The van der Waals surface area contributed by atoms with Crippen LogP contribution < -0.4 is 10.6 Å². The zero-order valence-corrected chi connectivity index (χ0v) is 11.3. The van der Waals surface area contributed by atoms with Gasteiger partial charge in [-0.15, -0.1) is 0 Å². The first-order valence-electron chi connectivity index (χ1n) is 6.70. The lowest BCUT2D eigenvalue weighted by molar-refractivity contribution is -0.142. The van der Waals surface area contributed by atoms with E-state index in [1.807, 2.05) is 0 Å². The number of carbonyl (C=O) groups excluding carboxylic acids is 1. The van der Waals surface area contributed by atoms with Crippen LogP contribution >= 0.6 is 0 Å². The number of aromatic amines is 1. The number of aromatic nitrogens is 3. The number of carboxylic acids is 1. The Morgan fingerprint density at radius 1 is 1.55 bits per heavy atom. The smallest absolute Gasteiger partial charge is 0.315 e. The minimum Gasteiger partial charge on any atom is -0.481 e. The van der Waals surface area contributed by atoms with E-state index in [2.05, 4.69) is 25.8 Å². The van der Waals surface area contributed by atoms with Crippen LogP contribution in [0.5, 0.6) is 0 Å². The molecule has 8 nitrogen and oxygen atoms in total. The molecule has 2 rings (SSSR count). The zero-order valence-electron chi connectivity index (χ0n) is 11.3. The number of H-pyrrole nitrogens is 1. The lowest BCUT2D eigenvalue weighted by Gasteiger charge is -2.17. The van der Waals surface area contributed by atoms with Crippen molar-refractivity contribution in [1.82, 2.24) is 25.8 Å². The summed E-state index contributed by atoms with van der Waals surface area (Å²) in [6.45, 7) is 2.17. The lowest BCUT2D eigenvalue weighted by Crippen LogP contribution is -2.41. The van der Waals surface area contributed by atoms with E-state index in [0.717, 1.165) is 12.8 Å². The molecule has 1 aliphatic rings. The molecule has 3 atom stereocenters. The van der Waals surface area contributed by atoms with E-state index in [1.54, 1.807) is 6.92 Å². The largest absolute Gasteiger partial charge is 0.481 e. The van der Waals surface area contributed by atoms with Crippen molar-refractivity contribution < 1.29 is 14.7 Å².